The number of nitriles is 1. The predicted octanol–water partition coefficient (Wildman–Crippen LogP) is 6.85. The van der Waals surface area contributed by atoms with Crippen LogP contribution in [0.2, 0.25) is 0 Å². The molecule has 6 aromatic rings. The first-order valence-corrected chi connectivity index (χ1v) is 16.9. The Kier molecular flexibility index (Phi) is 8.58. The quantitative estimate of drug-likeness (QED) is 0.132. The molecule has 0 unspecified atom stereocenters. The standard InChI is InChI=1S/C35H29N7O4S2/c1-20-25(18-36)30(41-40-20)22-8-4-9-23(17-22)46-16-6-13-29-31(33(44)45)38-35(48-29)42-15-14-21-7-5-10-24(26(21)19-42)32(43)39-34-37-27-11-2-3-12-28(27)47-34/h2-5,7-12,17H,6,13-16,19H2,1H3,(H,40,41)(H,44,45)(H,37,39,43). The summed E-state index contributed by atoms with van der Waals surface area (Å²) in [6, 6.07) is 23.1. The van der Waals surface area contributed by atoms with Crippen molar-refractivity contribution in [2.75, 3.05) is 23.4 Å². The number of hydrogen-bond donors (Lipinski definition) is 3. The van der Waals surface area contributed by atoms with Crippen LogP contribution in [0.3, 0.4) is 0 Å². The second-order valence-corrected chi connectivity index (χ2v) is 13.4. The average Bonchev–Trinajstić information content (AvgIpc) is 3.82. The van der Waals surface area contributed by atoms with Crippen LogP contribution in [0.15, 0.2) is 66.7 Å². The molecule has 13 heteroatoms. The minimum atomic E-state index is -1.07. The minimum Gasteiger partial charge on any atom is -0.494 e. The van der Waals surface area contributed by atoms with Gasteiger partial charge < -0.3 is 14.7 Å². The van der Waals surface area contributed by atoms with E-state index < -0.39 is 5.97 Å². The summed E-state index contributed by atoms with van der Waals surface area (Å²) in [5, 5.41) is 30.7. The van der Waals surface area contributed by atoms with Crippen LogP contribution in [0.25, 0.3) is 21.5 Å². The van der Waals surface area contributed by atoms with Crippen LogP contribution in [0, 0.1) is 18.3 Å². The highest BCUT2D eigenvalue weighted by atomic mass is 32.1. The lowest BCUT2D eigenvalue weighted by molar-refractivity contribution is 0.0690. The van der Waals surface area contributed by atoms with Crippen molar-refractivity contribution in [3.05, 3.63) is 105 Å². The number of amides is 1. The molecule has 0 saturated carbocycles. The van der Waals surface area contributed by atoms with E-state index in [9.17, 15) is 20.0 Å². The number of ether oxygens (including phenoxy) is 1. The van der Waals surface area contributed by atoms with Gasteiger partial charge in [0.25, 0.3) is 5.91 Å². The number of carbonyl (C=O) groups is 2. The molecule has 3 aromatic carbocycles. The Balaban J connectivity index is 1.02. The van der Waals surface area contributed by atoms with Crippen LogP contribution in [0.4, 0.5) is 10.3 Å². The average molecular weight is 676 g/mol. The van der Waals surface area contributed by atoms with Gasteiger partial charge in [0.15, 0.2) is 16.0 Å². The number of nitrogens with one attached hydrogen (secondary N) is 2. The number of benzene rings is 3. The van der Waals surface area contributed by atoms with Gasteiger partial charge in [-0.1, -0.05) is 47.7 Å². The Morgan fingerprint density at radius 3 is 2.79 bits per heavy atom. The molecule has 0 aliphatic carbocycles. The molecule has 0 atom stereocenters. The lowest BCUT2D eigenvalue weighted by Gasteiger charge is -2.29. The highest BCUT2D eigenvalue weighted by Crippen LogP contribution is 2.34. The van der Waals surface area contributed by atoms with Crippen LogP contribution >= 0.6 is 22.7 Å². The maximum atomic E-state index is 13.4. The molecule has 3 aromatic heterocycles. The van der Waals surface area contributed by atoms with Gasteiger partial charge in [-0.2, -0.15) is 10.4 Å². The lowest BCUT2D eigenvalue weighted by atomic mass is 9.94. The fraction of sp³-hybridized carbons (Fsp3) is 0.200. The molecule has 0 fully saturated rings. The fourth-order valence-electron chi connectivity index (χ4n) is 5.79. The summed E-state index contributed by atoms with van der Waals surface area (Å²) in [6.45, 7) is 3.26. The molecule has 0 spiro atoms. The topological polar surface area (TPSA) is 157 Å². The first-order chi connectivity index (χ1) is 23.4. The lowest BCUT2D eigenvalue weighted by Crippen LogP contribution is -2.32. The van der Waals surface area contributed by atoms with E-state index in [1.165, 1.54) is 22.7 Å². The third-order valence-electron chi connectivity index (χ3n) is 8.17. The second kappa shape index (κ2) is 13.3. The summed E-state index contributed by atoms with van der Waals surface area (Å²) in [5.41, 5.74) is 5.99. The van der Waals surface area contributed by atoms with Gasteiger partial charge in [0.05, 0.1) is 22.5 Å². The first kappa shape index (κ1) is 31.0. The van der Waals surface area contributed by atoms with E-state index in [1.54, 1.807) is 6.92 Å². The van der Waals surface area contributed by atoms with Crippen molar-refractivity contribution in [2.24, 2.45) is 0 Å². The third-order valence-corrected chi connectivity index (χ3v) is 10.3. The number of nitrogens with zero attached hydrogens (tertiary/aromatic N) is 5. The molecule has 1 aliphatic rings. The van der Waals surface area contributed by atoms with Crippen molar-refractivity contribution >= 4 is 55.0 Å². The molecule has 240 valence electrons. The van der Waals surface area contributed by atoms with Crippen LogP contribution in [-0.4, -0.2) is 50.3 Å². The largest absolute Gasteiger partial charge is 0.494 e. The number of para-hydroxylation sites is 1. The van der Waals surface area contributed by atoms with E-state index in [-0.39, 0.29) is 11.6 Å². The number of carboxylic acids is 1. The van der Waals surface area contributed by atoms with Crippen molar-refractivity contribution < 1.29 is 19.4 Å². The van der Waals surface area contributed by atoms with E-state index in [0.717, 1.165) is 26.9 Å². The number of H-pyrrole nitrogens is 1. The molecule has 1 aliphatic heterocycles. The van der Waals surface area contributed by atoms with Crippen molar-refractivity contribution in [3.8, 4) is 23.1 Å². The van der Waals surface area contributed by atoms with Gasteiger partial charge in [-0.3, -0.25) is 15.2 Å². The van der Waals surface area contributed by atoms with E-state index in [2.05, 4.69) is 31.6 Å². The molecule has 4 heterocycles. The number of anilines is 2. The highest BCUT2D eigenvalue weighted by Gasteiger charge is 2.27. The van der Waals surface area contributed by atoms with Crippen LogP contribution in [0.1, 0.15) is 54.5 Å². The van der Waals surface area contributed by atoms with Crippen molar-refractivity contribution in [2.45, 2.75) is 32.7 Å². The van der Waals surface area contributed by atoms with Gasteiger partial charge in [-0.15, -0.1) is 11.3 Å². The molecule has 0 saturated heterocycles. The molecule has 7 rings (SSSR count). The van der Waals surface area contributed by atoms with Crippen molar-refractivity contribution in [3.63, 3.8) is 0 Å². The predicted molar refractivity (Wildman–Crippen MR) is 185 cm³/mol. The number of fused-ring (bicyclic) bond motifs is 2. The van der Waals surface area contributed by atoms with E-state index in [4.69, 9.17) is 4.74 Å². The number of rotatable bonds is 10. The van der Waals surface area contributed by atoms with Crippen molar-refractivity contribution in [1.29, 1.82) is 5.26 Å². The molecular formula is C35H29N7O4S2. The SMILES string of the molecule is Cc1[nH]nc(-c2cccc(OCCCc3sc(N4CCc5cccc(C(=O)Nc6nc7ccccc7s6)c5C4)nc3C(=O)O)c2)c1C#N. The number of carboxylic acid groups (broad SMARTS) is 1. The molecule has 0 radical (unpaired) electrons. The maximum absolute atomic E-state index is 13.4. The Morgan fingerprint density at radius 2 is 1.96 bits per heavy atom. The Morgan fingerprint density at radius 1 is 1.10 bits per heavy atom. The zero-order valence-corrected chi connectivity index (χ0v) is 27.5. The summed E-state index contributed by atoms with van der Waals surface area (Å²) in [4.78, 5) is 37.4. The van der Waals surface area contributed by atoms with Gasteiger partial charge in [-0.25, -0.2) is 14.8 Å². The molecular weight excluding hydrogens is 647 g/mol. The number of hydrogen-bond acceptors (Lipinski definition) is 10. The van der Waals surface area contributed by atoms with Gasteiger partial charge in [0.2, 0.25) is 0 Å². The number of carbonyl (C=O) groups excluding carboxylic acids is 1. The van der Waals surface area contributed by atoms with Crippen molar-refractivity contribution in [1.82, 2.24) is 20.2 Å². The monoisotopic (exact) mass is 675 g/mol. The number of aromatic carboxylic acids is 1. The molecule has 3 N–H and O–H groups in total. The fourth-order valence-corrected chi connectivity index (χ4v) is 7.77. The Bertz CT molecular complexity index is 2180. The maximum Gasteiger partial charge on any atom is 0.355 e. The number of aryl methyl sites for hydroxylation is 2. The molecule has 1 amide bonds. The zero-order valence-electron chi connectivity index (χ0n) is 25.8. The van der Waals surface area contributed by atoms with E-state index >= 15 is 0 Å². The molecule has 11 nitrogen and oxygen atoms in total. The Hall–Kier alpha value is -5.58. The smallest absolute Gasteiger partial charge is 0.355 e. The van der Waals surface area contributed by atoms with Gasteiger partial charge in [-0.05, 0) is 67.6 Å². The van der Waals surface area contributed by atoms with E-state index in [0.29, 0.717) is 82.4 Å². The number of thiazole rings is 2. The zero-order chi connectivity index (χ0) is 33.2. The summed E-state index contributed by atoms with van der Waals surface area (Å²) in [7, 11) is 0. The number of aromatic nitrogens is 4. The van der Waals surface area contributed by atoms with Gasteiger partial charge in [0, 0.05) is 29.1 Å². The Labute approximate surface area is 283 Å². The normalized spacial score (nSPS) is 12.5. The summed E-state index contributed by atoms with van der Waals surface area (Å²) in [5.74, 6) is -0.665. The molecule has 0 bridgehead atoms. The second-order valence-electron chi connectivity index (χ2n) is 11.3. The third kappa shape index (κ3) is 6.23. The number of aromatic amines is 1. The summed E-state index contributed by atoms with van der Waals surface area (Å²) >= 11 is 2.80. The summed E-state index contributed by atoms with van der Waals surface area (Å²) < 4.78 is 6.99. The van der Waals surface area contributed by atoms with Gasteiger partial charge >= 0.3 is 5.97 Å². The van der Waals surface area contributed by atoms with Crippen LogP contribution in [-0.2, 0) is 19.4 Å². The minimum absolute atomic E-state index is 0.0441. The first-order valence-electron chi connectivity index (χ1n) is 15.3. The van der Waals surface area contributed by atoms with E-state index in [1.807, 2.05) is 71.6 Å². The molecule has 48 heavy (non-hydrogen) atoms. The van der Waals surface area contributed by atoms with Gasteiger partial charge in [0.1, 0.15) is 23.1 Å². The van der Waals surface area contributed by atoms with Crippen LogP contribution < -0.4 is 15.0 Å². The van der Waals surface area contributed by atoms with Crippen LogP contribution in [0.5, 0.6) is 5.75 Å². The summed E-state index contributed by atoms with van der Waals surface area (Å²) in [6.07, 6.45) is 1.77. The highest BCUT2D eigenvalue weighted by molar-refractivity contribution is 7.22.